The van der Waals surface area contributed by atoms with Gasteiger partial charge in [-0.15, -0.1) is 0 Å². The highest BCUT2D eigenvalue weighted by Crippen LogP contribution is 2.26. The smallest absolute Gasteiger partial charge is 0.0621 e. The molecule has 1 atom stereocenters. The highest BCUT2D eigenvalue weighted by Gasteiger charge is 2.29. The Morgan fingerprint density at radius 1 is 1.12 bits per heavy atom. The Morgan fingerprint density at radius 2 is 1.88 bits per heavy atom. The summed E-state index contributed by atoms with van der Waals surface area (Å²) in [6, 6.07) is 1.88. The van der Waals surface area contributed by atoms with E-state index in [2.05, 4.69) is 11.8 Å². The highest BCUT2D eigenvalue weighted by molar-refractivity contribution is 4.85. The van der Waals surface area contributed by atoms with E-state index in [1.807, 2.05) is 0 Å². The molecule has 0 aromatic rings. The first kappa shape index (κ1) is 12.3. The number of likely N-dealkylation sites (N-methyl/N-ethyl adjacent to an activating group) is 1. The predicted molar refractivity (Wildman–Crippen MR) is 66.5 cm³/mol. The first-order chi connectivity index (χ1) is 7.81. The molecule has 94 valence electrons. The van der Waals surface area contributed by atoms with Crippen LogP contribution in [0.15, 0.2) is 0 Å². The van der Waals surface area contributed by atoms with Crippen LogP contribution in [0.25, 0.3) is 0 Å². The molecule has 2 rings (SSSR count). The van der Waals surface area contributed by atoms with E-state index in [-0.39, 0.29) is 0 Å². The molecular formula is C13H26N2O. The van der Waals surface area contributed by atoms with E-state index in [9.17, 15) is 0 Å². The van der Waals surface area contributed by atoms with E-state index in [0.29, 0.717) is 12.1 Å². The Kier molecular flexibility index (Phi) is 4.62. The van der Waals surface area contributed by atoms with Gasteiger partial charge >= 0.3 is 0 Å². The van der Waals surface area contributed by atoms with E-state index in [0.717, 1.165) is 25.8 Å². The van der Waals surface area contributed by atoms with E-state index in [4.69, 9.17) is 10.5 Å². The molecule has 16 heavy (non-hydrogen) atoms. The lowest BCUT2D eigenvalue weighted by Gasteiger charge is -2.41. The Hall–Kier alpha value is -0.120. The maximum absolute atomic E-state index is 5.97. The monoisotopic (exact) mass is 226 g/mol. The molecule has 2 aliphatic rings. The van der Waals surface area contributed by atoms with E-state index >= 15 is 0 Å². The lowest BCUT2D eigenvalue weighted by atomic mass is 9.89. The minimum absolute atomic E-state index is 0.456. The van der Waals surface area contributed by atoms with Crippen LogP contribution in [0.2, 0.25) is 0 Å². The fraction of sp³-hybridized carbons (Fsp3) is 1.00. The topological polar surface area (TPSA) is 38.5 Å². The van der Waals surface area contributed by atoms with Crippen LogP contribution in [0, 0.1) is 0 Å². The summed E-state index contributed by atoms with van der Waals surface area (Å²) in [5, 5.41) is 0. The minimum Gasteiger partial charge on any atom is -0.380 e. The van der Waals surface area contributed by atoms with Gasteiger partial charge in [-0.1, -0.05) is 6.92 Å². The first-order valence-corrected chi connectivity index (χ1v) is 6.90. The summed E-state index contributed by atoms with van der Waals surface area (Å²) in [7, 11) is 0. The quantitative estimate of drug-likeness (QED) is 0.797. The van der Waals surface area contributed by atoms with Crippen molar-refractivity contribution in [3.05, 3.63) is 0 Å². The summed E-state index contributed by atoms with van der Waals surface area (Å²) in [5.41, 5.74) is 5.97. The van der Waals surface area contributed by atoms with Gasteiger partial charge in [0.25, 0.3) is 0 Å². The molecule has 1 unspecified atom stereocenters. The fourth-order valence-electron chi connectivity index (χ4n) is 3.23. The molecule has 0 radical (unpaired) electrons. The number of hydrogen-bond donors (Lipinski definition) is 1. The maximum atomic E-state index is 5.97. The predicted octanol–water partition coefficient (Wildman–Crippen LogP) is 1.76. The van der Waals surface area contributed by atoms with Gasteiger partial charge in [-0.2, -0.15) is 0 Å². The molecule has 0 spiro atoms. The molecule has 3 heteroatoms. The summed E-state index contributed by atoms with van der Waals surface area (Å²) < 4.78 is 5.61. The lowest BCUT2D eigenvalue weighted by Crippen LogP contribution is -2.49. The van der Waals surface area contributed by atoms with Crippen LogP contribution in [0.3, 0.4) is 0 Å². The van der Waals surface area contributed by atoms with Crippen molar-refractivity contribution < 1.29 is 4.74 Å². The van der Waals surface area contributed by atoms with Crippen molar-refractivity contribution in [2.24, 2.45) is 5.73 Å². The molecule has 0 bridgehead atoms. The molecule has 2 N–H and O–H groups in total. The van der Waals surface area contributed by atoms with Crippen LogP contribution < -0.4 is 5.73 Å². The van der Waals surface area contributed by atoms with Crippen LogP contribution in [0.4, 0.5) is 0 Å². The number of nitrogens with zero attached hydrogens (tertiary/aromatic N) is 1. The molecule has 1 saturated heterocycles. The van der Waals surface area contributed by atoms with Crippen molar-refractivity contribution in [3.8, 4) is 0 Å². The fourth-order valence-corrected chi connectivity index (χ4v) is 3.23. The highest BCUT2D eigenvalue weighted by atomic mass is 16.5. The summed E-state index contributed by atoms with van der Waals surface area (Å²) >= 11 is 0. The van der Waals surface area contributed by atoms with Crippen molar-refractivity contribution in [3.63, 3.8) is 0 Å². The number of nitrogens with two attached hydrogens (primary N) is 1. The molecule has 1 saturated carbocycles. The molecule has 2 fully saturated rings. The minimum atomic E-state index is 0.456. The normalized spacial score (nSPS) is 36.6. The zero-order valence-corrected chi connectivity index (χ0v) is 10.5. The molecular weight excluding hydrogens is 200 g/mol. The Bertz CT molecular complexity index is 196. The third-order valence-corrected chi connectivity index (χ3v) is 4.18. The Labute approximate surface area is 99.3 Å². The first-order valence-electron chi connectivity index (χ1n) is 6.90. The zero-order chi connectivity index (χ0) is 11.4. The maximum Gasteiger partial charge on any atom is 0.0621 e. The van der Waals surface area contributed by atoms with Gasteiger partial charge in [-0.05, 0) is 45.1 Å². The second-order valence-electron chi connectivity index (χ2n) is 5.27. The molecule has 0 aromatic heterocycles. The lowest BCUT2D eigenvalue weighted by molar-refractivity contribution is -0.00547. The molecule has 1 aliphatic carbocycles. The summed E-state index contributed by atoms with van der Waals surface area (Å²) in [6.45, 7) is 5.34. The van der Waals surface area contributed by atoms with Gasteiger partial charge in [0.1, 0.15) is 0 Å². The number of hydrogen-bond acceptors (Lipinski definition) is 3. The Balaban J connectivity index is 1.88. The van der Waals surface area contributed by atoms with Crippen molar-refractivity contribution in [2.75, 3.05) is 19.8 Å². The van der Waals surface area contributed by atoms with Crippen LogP contribution in [0.5, 0.6) is 0 Å². The largest absolute Gasteiger partial charge is 0.380 e. The average molecular weight is 226 g/mol. The van der Waals surface area contributed by atoms with Crippen molar-refractivity contribution in [1.29, 1.82) is 0 Å². The standard InChI is InChI=1S/C13H26N2O/c1-2-15(13-4-3-9-16-10-13)12-7-5-11(14)6-8-12/h11-13H,2-10,14H2,1H3. The van der Waals surface area contributed by atoms with Gasteiger partial charge in [0.2, 0.25) is 0 Å². The SMILES string of the molecule is CCN(C1CCC(N)CC1)C1CCCOC1. The molecule has 0 amide bonds. The zero-order valence-electron chi connectivity index (χ0n) is 10.5. The van der Waals surface area contributed by atoms with Crippen molar-refractivity contribution in [2.45, 2.75) is 63.6 Å². The van der Waals surface area contributed by atoms with Crippen LogP contribution >= 0.6 is 0 Å². The number of ether oxygens (including phenoxy) is 1. The average Bonchev–Trinajstić information content (AvgIpc) is 2.34. The van der Waals surface area contributed by atoms with E-state index in [1.54, 1.807) is 0 Å². The molecule has 1 aliphatic heterocycles. The van der Waals surface area contributed by atoms with Gasteiger partial charge in [-0.25, -0.2) is 0 Å². The van der Waals surface area contributed by atoms with Gasteiger partial charge in [-0.3, -0.25) is 4.90 Å². The van der Waals surface area contributed by atoms with Crippen molar-refractivity contribution in [1.82, 2.24) is 4.90 Å². The summed E-state index contributed by atoms with van der Waals surface area (Å²) in [4.78, 5) is 2.67. The molecule has 3 nitrogen and oxygen atoms in total. The van der Waals surface area contributed by atoms with Gasteiger partial charge in [0, 0.05) is 24.7 Å². The van der Waals surface area contributed by atoms with Gasteiger partial charge in [0.05, 0.1) is 6.61 Å². The van der Waals surface area contributed by atoms with E-state index in [1.165, 1.54) is 38.5 Å². The third-order valence-electron chi connectivity index (χ3n) is 4.18. The third kappa shape index (κ3) is 2.96. The second-order valence-corrected chi connectivity index (χ2v) is 5.27. The van der Waals surface area contributed by atoms with Gasteiger partial charge < -0.3 is 10.5 Å². The summed E-state index contributed by atoms with van der Waals surface area (Å²) in [6.07, 6.45) is 7.52. The molecule has 0 aromatic carbocycles. The second kappa shape index (κ2) is 5.99. The summed E-state index contributed by atoms with van der Waals surface area (Å²) in [5.74, 6) is 0. The van der Waals surface area contributed by atoms with Crippen LogP contribution in [-0.2, 0) is 4.74 Å². The van der Waals surface area contributed by atoms with E-state index < -0.39 is 0 Å². The van der Waals surface area contributed by atoms with Crippen molar-refractivity contribution >= 4 is 0 Å². The van der Waals surface area contributed by atoms with Gasteiger partial charge in [0.15, 0.2) is 0 Å². The van der Waals surface area contributed by atoms with Crippen LogP contribution in [0.1, 0.15) is 45.4 Å². The number of rotatable bonds is 3. The molecule has 1 heterocycles. The Morgan fingerprint density at radius 3 is 2.44 bits per heavy atom. The van der Waals surface area contributed by atoms with Crippen LogP contribution in [-0.4, -0.2) is 42.8 Å².